The van der Waals surface area contributed by atoms with E-state index in [0.717, 1.165) is 43.2 Å². The van der Waals surface area contributed by atoms with E-state index >= 15 is 0 Å². The zero-order valence-electron chi connectivity index (χ0n) is 11.4. The fourth-order valence-corrected chi connectivity index (χ4v) is 4.86. The molecule has 0 bridgehead atoms. The van der Waals surface area contributed by atoms with Crippen molar-refractivity contribution in [2.45, 2.75) is 37.5 Å². The Hall–Kier alpha value is -0.590. The highest BCUT2D eigenvalue weighted by atomic mass is 32.2. The summed E-state index contributed by atoms with van der Waals surface area (Å²) in [6, 6.07) is 0. The van der Waals surface area contributed by atoms with Crippen LogP contribution in [0.3, 0.4) is 0 Å². The number of thioether (sulfide) groups is 1. The minimum atomic E-state index is -0.261. The van der Waals surface area contributed by atoms with Crippen molar-refractivity contribution in [2.24, 2.45) is 0 Å². The molecule has 1 fully saturated rings. The summed E-state index contributed by atoms with van der Waals surface area (Å²) in [5.74, 6) is 1.21. The molecule has 1 amide bonds. The second-order valence-electron chi connectivity index (χ2n) is 5.51. The fraction of sp³-hybridized carbons (Fsp3) is 0.692. The number of fused-ring (bicyclic) bond motifs is 1. The standard InChI is InChI=1S/C13H19N3OS2/c1-13(5-3-7-18-13)11(17)15-12-14-9-4-6-16(2)8-10(9)19-12/h3-8H2,1-2H3,(H,14,15,17). The highest BCUT2D eigenvalue weighted by molar-refractivity contribution is 8.01. The topological polar surface area (TPSA) is 45.2 Å². The summed E-state index contributed by atoms with van der Waals surface area (Å²) in [7, 11) is 2.12. The highest BCUT2D eigenvalue weighted by Gasteiger charge is 2.37. The van der Waals surface area contributed by atoms with Gasteiger partial charge in [0.2, 0.25) is 5.91 Å². The largest absolute Gasteiger partial charge is 0.301 e. The third kappa shape index (κ3) is 2.66. The van der Waals surface area contributed by atoms with Gasteiger partial charge in [-0.05, 0) is 32.6 Å². The van der Waals surface area contributed by atoms with E-state index in [9.17, 15) is 4.79 Å². The number of anilines is 1. The van der Waals surface area contributed by atoms with E-state index in [0.29, 0.717) is 0 Å². The molecule has 1 saturated heterocycles. The minimum absolute atomic E-state index is 0.120. The van der Waals surface area contributed by atoms with Gasteiger partial charge in [-0.1, -0.05) is 0 Å². The summed E-state index contributed by atoms with van der Waals surface area (Å²) < 4.78 is -0.261. The van der Waals surface area contributed by atoms with Crippen LogP contribution >= 0.6 is 23.1 Å². The summed E-state index contributed by atoms with van der Waals surface area (Å²) in [6.07, 6.45) is 3.09. The average Bonchev–Trinajstić information content (AvgIpc) is 2.95. The Morgan fingerprint density at radius 1 is 1.53 bits per heavy atom. The van der Waals surface area contributed by atoms with Crippen molar-refractivity contribution >= 4 is 34.1 Å². The molecule has 1 aromatic rings. The number of carbonyl (C=O) groups is 1. The molecule has 1 atom stereocenters. The first-order chi connectivity index (χ1) is 9.07. The van der Waals surface area contributed by atoms with Gasteiger partial charge in [-0.25, -0.2) is 4.98 Å². The number of hydrogen-bond acceptors (Lipinski definition) is 5. The Labute approximate surface area is 122 Å². The van der Waals surface area contributed by atoms with Crippen molar-refractivity contribution < 1.29 is 4.79 Å². The number of amides is 1. The van der Waals surface area contributed by atoms with E-state index in [-0.39, 0.29) is 10.7 Å². The Morgan fingerprint density at radius 2 is 2.37 bits per heavy atom. The van der Waals surface area contributed by atoms with Crippen LogP contribution in [-0.4, -0.2) is 39.9 Å². The lowest BCUT2D eigenvalue weighted by Crippen LogP contribution is -2.34. The van der Waals surface area contributed by atoms with Crippen LogP contribution in [0.2, 0.25) is 0 Å². The molecule has 104 valence electrons. The molecule has 0 aliphatic carbocycles. The predicted octanol–water partition coefficient (Wildman–Crippen LogP) is 2.36. The normalized spacial score (nSPS) is 27.3. The lowest BCUT2D eigenvalue weighted by molar-refractivity contribution is -0.118. The van der Waals surface area contributed by atoms with Gasteiger partial charge in [0.15, 0.2) is 5.13 Å². The highest BCUT2D eigenvalue weighted by Crippen LogP contribution is 2.39. The summed E-state index contributed by atoms with van der Waals surface area (Å²) in [5.41, 5.74) is 1.17. The Bertz CT molecular complexity index is 494. The molecule has 2 aliphatic heterocycles. The average molecular weight is 297 g/mol. The van der Waals surface area contributed by atoms with Crippen LogP contribution < -0.4 is 5.32 Å². The minimum Gasteiger partial charge on any atom is -0.301 e. The number of carbonyl (C=O) groups excluding carboxylic acids is 1. The van der Waals surface area contributed by atoms with Crippen molar-refractivity contribution in [2.75, 3.05) is 24.7 Å². The number of nitrogens with one attached hydrogen (secondary N) is 1. The van der Waals surface area contributed by atoms with Gasteiger partial charge < -0.3 is 10.2 Å². The molecule has 4 nitrogen and oxygen atoms in total. The maximum Gasteiger partial charge on any atom is 0.242 e. The second-order valence-corrected chi connectivity index (χ2v) is 8.20. The first-order valence-corrected chi connectivity index (χ1v) is 8.49. The molecule has 1 unspecified atom stereocenters. The van der Waals surface area contributed by atoms with Crippen LogP contribution in [0, 0.1) is 0 Å². The van der Waals surface area contributed by atoms with Gasteiger partial charge in [0, 0.05) is 24.4 Å². The number of rotatable bonds is 2. The van der Waals surface area contributed by atoms with Gasteiger partial charge in [0.1, 0.15) is 0 Å². The summed E-state index contributed by atoms with van der Waals surface area (Å²) in [5, 5.41) is 3.80. The maximum absolute atomic E-state index is 12.3. The van der Waals surface area contributed by atoms with Crippen LogP contribution in [0.4, 0.5) is 5.13 Å². The maximum atomic E-state index is 12.3. The van der Waals surface area contributed by atoms with Gasteiger partial charge in [0.25, 0.3) is 0 Å². The van der Waals surface area contributed by atoms with Crippen molar-refractivity contribution in [3.63, 3.8) is 0 Å². The lowest BCUT2D eigenvalue weighted by atomic mass is 10.1. The zero-order valence-corrected chi connectivity index (χ0v) is 13.0. The Morgan fingerprint density at radius 3 is 3.11 bits per heavy atom. The van der Waals surface area contributed by atoms with Crippen molar-refractivity contribution in [3.8, 4) is 0 Å². The molecular weight excluding hydrogens is 278 g/mol. The number of nitrogens with zero attached hydrogens (tertiary/aromatic N) is 2. The van der Waals surface area contributed by atoms with E-state index in [1.807, 2.05) is 6.92 Å². The number of hydrogen-bond donors (Lipinski definition) is 1. The van der Waals surface area contributed by atoms with Crippen molar-refractivity contribution in [1.29, 1.82) is 0 Å². The van der Waals surface area contributed by atoms with Crippen LogP contribution in [0.5, 0.6) is 0 Å². The number of aromatic nitrogens is 1. The third-order valence-corrected chi connectivity index (χ3v) is 6.36. The van der Waals surface area contributed by atoms with Crippen LogP contribution in [0.15, 0.2) is 0 Å². The number of thiazole rings is 1. The molecule has 2 aliphatic rings. The number of likely N-dealkylation sites (N-methyl/N-ethyl adjacent to an activating group) is 1. The summed E-state index contributed by atoms with van der Waals surface area (Å²) in [6.45, 7) is 4.05. The van der Waals surface area contributed by atoms with Gasteiger partial charge in [-0.3, -0.25) is 4.79 Å². The molecule has 0 saturated carbocycles. The molecule has 1 aromatic heterocycles. The predicted molar refractivity (Wildman–Crippen MR) is 80.9 cm³/mol. The molecule has 0 spiro atoms. The zero-order chi connectivity index (χ0) is 13.5. The molecule has 3 heterocycles. The van der Waals surface area contributed by atoms with E-state index in [4.69, 9.17) is 0 Å². The second kappa shape index (κ2) is 5.07. The molecule has 0 radical (unpaired) electrons. The van der Waals surface area contributed by atoms with Crippen LogP contribution in [-0.2, 0) is 17.8 Å². The monoisotopic (exact) mass is 297 g/mol. The molecule has 19 heavy (non-hydrogen) atoms. The van der Waals surface area contributed by atoms with Gasteiger partial charge in [-0.2, -0.15) is 0 Å². The van der Waals surface area contributed by atoms with Crippen molar-refractivity contribution in [3.05, 3.63) is 10.6 Å². The first kappa shape index (κ1) is 13.4. The molecular formula is C13H19N3OS2. The molecule has 1 N–H and O–H groups in total. The van der Waals surface area contributed by atoms with E-state index in [1.54, 1.807) is 23.1 Å². The fourth-order valence-electron chi connectivity index (χ4n) is 2.56. The van der Waals surface area contributed by atoms with Gasteiger partial charge in [0.05, 0.1) is 10.4 Å². The van der Waals surface area contributed by atoms with E-state index < -0.39 is 0 Å². The Balaban J connectivity index is 1.72. The SMILES string of the molecule is CN1CCc2nc(NC(=O)C3(C)CCCS3)sc2C1. The van der Waals surface area contributed by atoms with Crippen LogP contribution in [0.1, 0.15) is 30.3 Å². The van der Waals surface area contributed by atoms with Crippen molar-refractivity contribution in [1.82, 2.24) is 9.88 Å². The summed E-state index contributed by atoms with van der Waals surface area (Å²) >= 11 is 3.39. The van der Waals surface area contributed by atoms with Gasteiger partial charge >= 0.3 is 0 Å². The Kier molecular flexibility index (Phi) is 3.57. The van der Waals surface area contributed by atoms with Crippen LogP contribution in [0.25, 0.3) is 0 Å². The molecule has 3 rings (SSSR count). The third-order valence-electron chi connectivity index (χ3n) is 3.84. The van der Waals surface area contributed by atoms with E-state index in [1.165, 1.54) is 10.6 Å². The first-order valence-electron chi connectivity index (χ1n) is 6.69. The molecule has 0 aromatic carbocycles. The lowest BCUT2D eigenvalue weighted by Gasteiger charge is -2.20. The van der Waals surface area contributed by atoms with E-state index in [2.05, 4.69) is 22.2 Å². The quantitative estimate of drug-likeness (QED) is 0.910. The smallest absolute Gasteiger partial charge is 0.242 e. The van der Waals surface area contributed by atoms with Gasteiger partial charge in [-0.15, -0.1) is 23.1 Å². The summed E-state index contributed by atoms with van der Waals surface area (Å²) in [4.78, 5) is 20.5. The molecule has 6 heteroatoms.